The summed E-state index contributed by atoms with van der Waals surface area (Å²) in [4.78, 5) is 2.41. The van der Waals surface area contributed by atoms with Gasteiger partial charge in [0.2, 0.25) is 0 Å². The normalized spacial score (nSPS) is 13.4. The van der Waals surface area contributed by atoms with Crippen molar-refractivity contribution in [3.63, 3.8) is 0 Å². The van der Waals surface area contributed by atoms with Crippen molar-refractivity contribution in [3.05, 3.63) is 169 Å². The van der Waals surface area contributed by atoms with Crippen molar-refractivity contribution in [2.75, 3.05) is 4.90 Å². The molecule has 0 aliphatic heterocycles. The highest BCUT2D eigenvalue weighted by Gasteiger charge is 2.35. The number of hydrogen-bond donors (Lipinski definition) is 0. The molecule has 0 radical (unpaired) electrons. The summed E-state index contributed by atoms with van der Waals surface area (Å²) in [6, 6.07) is 58.1. The van der Waals surface area contributed by atoms with E-state index in [1.807, 2.05) is 11.3 Å². The van der Waals surface area contributed by atoms with Crippen LogP contribution in [0.15, 0.2) is 158 Å². The lowest BCUT2D eigenvalue weighted by Gasteiger charge is -2.28. The summed E-state index contributed by atoms with van der Waals surface area (Å²) in [6.07, 6.45) is 0. The van der Waals surface area contributed by atoms with Gasteiger partial charge < -0.3 is 9.47 Å². The second kappa shape index (κ2) is 10.2. The zero-order valence-corrected chi connectivity index (χ0v) is 27.6. The van der Waals surface area contributed by atoms with Gasteiger partial charge in [-0.25, -0.2) is 0 Å². The molecule has 0 atom stereocenters. The summed E-state index contributed by atoms with van der Waals surface area (Å²) in [6.45, 7) is 4.71. The van der Waals surface area contributed by atoms with Crippen LogP contribution in [0.2, 0.25) is 0 Å². The van der Waals surface area contributed by atoms with E-state index < -0.39 is 0 Å². The molecule has 0 N–H and O–H groups in total. The summed E-state index contributed by atoms with van der Waals surface area (Å²) in [5, 5.41) is 5.14. The number of fused-ring (bicyclic) bond motifs is 9. The van der Waals surface area contributed by atoms with Gasteiger partial charge in [-0.15, -0.1) is 11.3 Å². The van der Waals surface area contributed by atoms with Crippen molar-refractivity contribution in [2.45, 2.75) is 19.3 Å². The lowest BCUT2D eigenvalue weighted by Crippen LogP contribution is -2.16. The van der Waals surface area contributed by atoms with Crippen LogP contribution in [0.5, 0.6) is 0 Å². The number of rotatable bonds is 4. The summed E-state index contributed by atoms with van der Waals surface area (Å²) < 4.78 is 5.10. The fourth-order valence-electron chi connectivity index (χ4n) is 8.08. The van der Waals surface area contributed by atoms with Gasteiger partial charge in [0, 0.05) is 59.1 Å². The van der Waals surface area contributed by atoms with Crippen molar-refractivity contribution in [2.24, 2.45) is 0 Å². The number of nitrogens with zero attached hydrogens (tertiary/aromatic N) is 2. The maximum Gasteiger partial charge on any atom is 0.0561 e. The van der Waals surface area contributed by atoms with E-state index in [1.54, 1.807) is 0 Å². The van der Waals surface area contributed by atoms with Crippen molar-refractivity contribution >= 4 is 70.4 Å². The highest BCUT2D eigenvalue weighted by atomic mass is 32.1. The van der Waals surface area contributed by atoms with Crippen LogP contribution in [0, 0.1) is 0 Å². The van der Waals surface area contributed by atoms with Gasteiger partial charge in [0.15, 0.2) is 0 Å². The quantitative estimate of drug-likeness (QED) is 0.187. The number of thiophene rings is 1. The number of benzene rings is 7. The van der Waals surface area contributed by atoms with Gasteiger partial charge in [-0.05, 0) is 89.0 Å². The molecule has 2 heterocycles. The Morgan fingerprint density at radius 1 is 0.458 bits per heavy atom. The van der Waals surface area contributed by atoms with E-state index in [1.165, 1.54) is 69.9 Å². The maximum atomic E-state index is 2.45. The predicted molar refractivity (Wildman–Crippen MR) is 206 cm³/mol. The van der Waals surface area contributed by atoms with Gasteiger partial charge in [0.05, 0.1) is 11.0 Å². The SMILES string of the molecule is CC1(C)c2ccccc2-c2ccc(N(c3ccccc3)c3ccc4c5ccccc5n(-c5ccc6sc7ccccc7c6c5)c4c3)cc21. The van der Waals surface area contributed by atoms with E-state index >= 15 is 0 Å². The molecule has 1 aliphatic carbocycles. The van der Waals surface area contributed by atoms with E-state index in [0.717, 1.165) is 17.1 Å². The van der Waals surface area contributed by atoms with Gasteiger partial charge in [0.25, 0.3) is 0 Å². The molecule has 0 saturated carbocycles. The molecule has 0 amide bonds. The predicted octanol–water partition coefficient (Wildman–Crippen LogP) is 12.9. The topological polar surface area (TPSA) is 8.17 Å². The van der Waals surface area contributed by atoms with Crippen LogP contribution in [-0.2, 0) is 5.41 Å². The first-order chi connectivity index (χ1) is 23.6. The Bertz CT molecular complexity index is 2710. The molecule has 7 aromatic carbocycles. The molecule has 10 rings (SSSR count). The number of aromatic nitrogens is 1. The molecular formula is C45H32N2S. The van der Waals surface area contributed by atoms with Crippen molar-refractivity contribution in [1.82, 2.24) is 4.57 Å². The van der Waals surface area contributed by atoms with Crippen LogP contribution in [0.4, 0.5) is 17.1 Å². The first kappa shape index (κ1) is 27.5. The number of anilines is 3. The fourth-order valence-corrected chi connectivity index (χ4v) is 9.17. The van der Waals surface area contributed by atoms with Crippen LogP contribution >= 0.6 is 11.3 Å². The minimum absolute atomic E-state index is 0.0782. The Morgan fingerprint density at radius 3 is 2.02 bits per heavy atom. The second-order valence-corrected chi connectivity index (χ2v) is 14.5. The van der Waals surface area contributed by atoms with Crippen molar-refractivity contribution < 1.29 is 0 Å². The third-order valence-corrected chi connectivity index (χ3v) is 11.5. The van der Waals surface area contributed by atoms with Gasteiger partial charge >= 0.3 is 0 Å². The molecule has 0 unspecified atom stereocenters. The van der Waals surface area contributed by atoms with Gasteiger partial charge in [-0.1, -0.05) is 105 Å². The Morgan fingerprint density at radius 2 is 1.12 bits per heavy atom. The molecule has 0 fully saturated rings. The molecule has 9 aromatic rings. The molecule has 228 valence electrons. The summed E-state index contributed by atoms with van der Waals surface area (Å²) in [5.41, 5.74) is 12.4. The standard InChI is InChI=1S/C45H32N2S/c1-45(2)39-17-9-6-14-33(39)34-23-20-31(27-40(34)45)46(29-12-4-3-5-13-29)32-21-24-36-35-15-7-10-18-41(35)47(42(36)28-32)30-22-25-44-38(26-30)37-16-8-11-19-43(37)48-44/h3-28H,1-2H3. The average molecular weight is 633 g/mol. The minimum Gasteiger partial charge on any atom is -0.310 e. The summed E-state index contributed by atoms with van der Waals surface area (Å²) in [5.74, 6) is 0. The summed E-state index contributed by atoms with van der Waals surface area (Å²) in [7, 11) is 0. The molecular weight excluding hydrogens is 601 g/mol. The second-order valence-electron chi connectivity index (χ2n) is 13.4. The maximum absolute atomic E-state index is 2.45. The van der Waals surface area contributed by atoms with Crippen LogP contribution in [0.25, 0.3) is 58.8 Å². The minimum atomic E-state index is -0.0782. The van der Waals surface area contributed by atoms with Gasteiger partial charge in [-0.2, -0.15) is 0 Å². The van der Waals surface area contributed by atoms with Crippen molar-refractivity contribution in [3.8, 4) is 16.8 Å². The molecule has 0 spiro atoms. The molecule has 0 saturated heterocycles. The van der Waals surface area contributed by atoms with E-state index in [2.05, 4.69) is 181 Å². The zero-order valence-electron chi connectivity index (χ0n) is 26.8. The monoisotopic (exact) mass is 632 g/mol. The Balaban J connectivity index is 1.20. The highest BCUT2D eigenvalue weighted by Crippen LogP contribution is 2.51. The largest absolute Gasteiger partial charge is 0.310 e. The van der Waals surface area contributed by atoms with Gasteiger partial charge in [-0.3, -0.25) is 0 Å². The number of para-hydroxylation sites is 2. The Hall–Kier alpha value is -5.64. The van der Waals surface area contributed by atoms with E-state index in [9.17, 15) is 0 Å². The first-order valence-electron chi connectivity index (χ1n) is 16.6. The molecule has 48 heavy (non-hydrogen) atoms. The van der Waals surface area contributed by atoms with Crippen molar-refractivity contribution in [1.29, 1.82) is 0 Å². The molecule has 1 aliphatic rings. The third kappa shape index (κ3) is 3.92. The smallest absolute Gasteiger partial charge is 0.0561 e. The van der Waals surface area contributed by atoms with Crippen LogP contribution in [-0.4, -0.2) is 4.57 Å². The highest BCUT2D eigenvalue weighted by molar-refractivity contribution is 7.25. The molecule has 3 heteroatoms. The van der Waals surface area contributed by atoms with Gasteiger partial charge in [0.1, 0.15) is 0 Å². The van der Waals surface area contributed by atoms with Crippen LogP contribution < -0.4 is 4.90 Å². The molecule has 2 nitrogen and oxygen atoms in total. The van der Waals surface area contributed by atoms with E-state index in [-0.39, 0.29) is 5.41 Å². The fraction of sp³-hybridized carbons (Fsp3) is 0.0667. The average Bonchev–Trinajstić information content (AvgIpc) is 3.74. The Kier molecular flexibility index (Phi) is 5.82. The van der Waals surface area contributed by atoms with E-state index in [4.69, 9.17) is 0 Å². The lowest BCUT2D eigenvalue weighted by molar-refractivity contribution is 0.660. The van der Waals surface area contributed by atoms with E-state index in [0.29, 0.717) is 0 Å². The number of hydrogen-bond acceptors (Lipinski definition) is 2. The molecule has 2 aromatic heterocycles. The lowest BCUT2D eigenvalue weighted by atomic mass is 9.82. The molecule has 0 bridgehead atoms. The van der Waals surface area contributed by atoms with Crippen LogP contribution in [0.1, 0.15) is 25.0 Å². The zero-order chi connectivity index (χ0) is 32.0. The Labute approximate surface area is 283 Å². The first-order valence-corrected chi connectivity index (χ1v) is 17.4. The van der Waals surface area contributed by atoms with Crippen LogP contribution in [0.3, 0.4) is 0 Å². The third-order valence-electron chi connectivity index (χ3n) is 10.4. The summed E-state index contributed by atoms with van der Waals surface area (Å²) >= 11 is 1.86.